The fourth-order valence-corrected chi connectivity index (χ4v) is 2.29. The van der Waals surface area contributed by atoms with Crippen molar-refractivity contribution in [1.29, 1.82) is 0 Å². The molecule has 8 nitrogen and oxygen atoms in total. The lowest BCUT2D eigenvalue weighted by atomic mass is 10.1. The highest BCUT2D eigenvalue weighted by molar-refractivity contribution is 5.97. The van der Waals surface area contributed by atoms with Gasteiger partial charge in [-0.3, -0.25) is 14.9 Å². The van der Waals surface area contributed by atoms with Gasteiger partial charge >= 0.3 is 5.97 Å². The Balaban J connectivity index is 2.09. The molecular formula is C18H19N3O5. The summed E-state index contributed by atoms with van der Waals surface area (Å²) in [6, 6.07) is 12.5. The number of carbonyl (C=O) groups is 2. The number of nitrogens with one attached hydrogen (secondary N) is 2. The molecule has 0 bridgehead atoms. The second kappa shape index (κ2) is 8.61. The van der Waals surface area contributed by atoms with Crippen LogP contribution in [0.2, 0.25) is 0 Å². The Morgan fingerprint density at radius 2 is 1.88 bits per heavy atom. The Kier molecular flexibility index (Phi) is 6.26. The van der Waals surface area contributed by atoms with Gasteiger partial charge in [-0.15, -0.1) is 0 Å². The van der Waals surface area contributed by atoms with Gasteiger partial charge in [0.15, 0.2) is 0 Å². The van der Waals surface area contributed by atoms with Crippen LogP contribution in [0.15, 0.2) is 48.5 Å². The van der Waals surface area contributed by atoms with E-state index in [1.54, 1.807) is 6.92 Å². The number of ether oxygens (including phenoxy) is 1. The van der Waals surface area contributed by atoms with Crippen molar-refractivity contribution in [2.45, 2.75) is 19.5 Å². The third kappa shape index (κ3) is 4.79. The summed E-state index contributed by atoms with van der Waals surface area (Å²) >= 11 is 0. The molecule has 0 radical (unpaired) electrons. The molecule has 1 amide bonds. The smallest absolute Gasteiger partial charge is 0.340 e. The zero-order valence-electron chi connectivity index (χ0n) is 14.4. The second-order valence-corrected chi connectivity index (χ2v) is 5.55. The fraction of sp³-hybridized carbons (Fsp3) is 0.222. The van der Waals surface area contributed by atoms with E-state index < -0.39 is 16.9 Å². The van der Waals surface area contributed by atoms with E-state index in [0.717, 1.165) is 11.6 Å². The van der Waals surface area contributed by atoms with E-state index in [1.165, 1.54) is 19.2 Å². The van der Waals surface area contributed by atoms with Crippen molar-refractivity contribution in [2.24, 2.45) is 0 Å². The number of carbonyl (C=O) groups excluding carboxylic acids is 2. The van der Waals surface area contributed by atoms with Gasteiger partial charge in [-0.25, -0.2) is 4.79 Å². The normalized spacial score (nSPS) is 11.3. The van der Waals surface area contributed by atoms with E-state index in [1.807, 2.05) is 30.3 Å². The molecule has 1 atom stereocenters. The number of hydrogen-bond acceptors (Lipinski definition) is 6. The SMILES string of the molecule is COC(=O)c1cc([N+](=O)[O-])ccc1NC(C)C(=O)NCc1ccccc1. The first-order valence-electron chi connectivity index (χ1n) is 7.87. The summed E-state index contributed by atoms with van der Waals surface area (Å²) in [6.07, 6.45) is 0. The van der Waals surface area contributed by atoms with Crippen molar-refractivity contribution in [3.05, 3.63) is 69.8 Å². The monoisotopic (exact) mass is 357 g/mol. The third-order valence-corrected chi connectivity index (χ3v) is 3.69. The highest BCUT2D eigenvalue weighted by atomic mass is 16.6. The van der Waals surface area contributed by atoms with E-state index in [0.29, 0.717) is 6.54 Å². The number of non-ortho nitro benzene ring substituents is 1. The predicted molar refractivity (Wildman–Crippen MR) is 95.8 cm³/mol. The molecule has 0 aliphatic heterocycles. The molecule has 26 heavy (non-hydrogen) atoms. The van der Waals surface area contributed by atoms with Crippen molar-refractivity contribution >= 4 is 23.3 Å². The average molecular weight is 357 g/mol. The summed E-state index contributed by atoms with van der Waals surface area (Å²) in [5.41, 5.74) is 0.991. The van der Waals surface area contributed by atoms with E-state index in [9.17, 15) is 19.7 Å². The lowest BCUT2D eigenvalue weighted by Crippen LogP contribution is -2.37. The maximum absolute atomic E-state index is 12.2. The molecule has 1 unspecified atom stereocenters. The molecule has 0 aliphatic carbocycles. The molecule has 2 aromatic carbocycles. The summed E-state index contributed by atoms with van der Waals surface area (Å²) in [5, 5.41) is 16.6. The van der Waals surface area contributed by atoms with Crippen LogP contribution in [0.5, 0.6) is 0 Å². The van der Waals surface area contributed by atoms with Crippen LogP contribution in [-0.2, 0) is 16.1 Å². The summed E-state index contributed by atoms with van der Waals surface area (Å²) in [7, 11) is 1.18. The molecule has 2 N–H and O–H groups in total. The van der Waals surface area contributed by atoms with Crippen molar-refractivity contribution in [3.63, 3.8) is 0 Å². The first-order chi connectivity index (χ1) is 12.4. The number of hydrogen-bond donors (Lipinski definition) is 2. The van der Waals surface area contributed by atoms with Gasteiger partial charge in [0.25, 0.3) is 5.69 Å². The average Bonchev–Trinajstić information content (AvgIpc) is 2.66. The lowest BCUT2D eigenvalue weighted by molar-refractivity contribution is -0.384. The van der Waals surface area contributed by atoms with Crippen LogP contribution in [0.1, 0.15) is 22.8 Å². The molecule has 2 rings (SSSR count). The van der Waals surface area contributed by atoms with Crippen LogP contribution in [-0.4, -0.2) is 30.0 Å². The van der Waals surface area contributed by atoms with Crippen molar-refractivity contribution in [3.8, 4) is 0 Å². The van der Waals surface area contributed by atoms with Gasteiger partial charge in [0.2, 0.25) is 5.91 Å². The molecule has 0 saturated carbocycles. The van der Waals surface area contributed by atoms with Crippen LogP contribution in [0.4, 0.5) is 11.4 Å². The summed E-state index contributed by atoms with van der Waals surface area (Å²) in [5.74, 6) is -1.00. The largest absolute Gasteiger partial charge is 0.465 e. The van der Waals surface area contributed by atoms with Gasteiger partial charge in [0.05, 0.1) is 17.6 Å². The quantitative estimate of drug-likeness (QED) is 0.447. The number of rotatable bonds is 7. The number of esters is 1. The van der Waals surface area contributed by atoms with Gasteiger partial charge in [-0.2, -0.15) is 0 Å². The summed E-state index contributed by atoms with van der Waals surface area (Å²) in [6.45, 7) is 2.00. The zero-order valence-corrected chi connectivity index (χ0v) is 14.4. The number of nitro benzene ring substituents is 1. The third-order valence-electron chi connectivity index (χ3n) is 3.69. The maximum atomic E-state index is 12.2. The lowest BCUT2D eigenvalue weighted by Gasteiger charge is -2.17. The molecular weight excluding hydrogens is 338 g/mol. The molecule has 0 saturated heterocycles. The number of nitrogens with zero attached hydrogens (tertiary/aromatic N) is 1. The van der Waals surface area contributed by atoms with Gasteiger partial charge in [-0.1, -0.05) is 30.3 Å². The Labute approximate surface area is 150 Å². The Hall–Kier alpha value is -3.42. The van der Waals surface area contributed by atoms with Crippen molar-refractivity contribution < 1.29 is 19.2 Å². The minimum atomic E-state index is -0.729. The molecule has 0 fully saturated rings. The number of methoxy groups -OCH3 is 1. The van der Waals surface area contributed by atoms with E-state index in [2.05, 4.69) is 15.4 Å². The maximum Gasteiger partial charge on any atom is 0.340 e. The molecule has 0 spiro atoms. The summed E-state index contributed by atoms with van der Waals surface area (Å²) in [4.78, 5) is 34.4. The topological polar surface area (TPSA) is 111 Å². The van der Waals surface area contributed by atoms with Gasteiger partial charge < -0.3 is 15.4 Å². The Bertz CT molecular complexity index is 808. The molecule has 0 aromatic heterocycles. The van der Waals surface area contributed by atoms with E-state index in [4.69, 9.17) is 0 Å². The number of anilines is 1. The van der Waals surface area contributed by atoms with Crippen molar-refractivity contribution in [2.75, 3.05) is 12.4 Å². The summed E-state index contributed by atoms with van der Waals surface area (Å²) < 4.78 is 4.66. The first-order valence-corrected chi connectivity index (χ1v) is 7.87. The van der Waals surface area contributed by atoms with E-state index >= 15 is 0 Å². The predicted octanol–water partition coefficient (Wildman–Crippen LogP) is 2.50. The number of nitro groups is 1. The Morgan fingerprint density at radius 1 is 1.19 bits per heavy atom. The number of amides is 1. The minimum absolute atomic E-state index is 0.00981. The zero-order chi connectivity index (χ0) is 19.1. The van der Waals surface area contributed by atoms with Crippen LogP contribution in [0.25, 0.3) is 0 Å². The Morgan fingerprint density at radius 3 is 2.50 bits per heavy atom. The standard InChI is InChI=1S/C18H19N3O5/c1-12(17(22)19-11-13-6-4-3-5-7-13)20-16-9-8-14(21(24)25)10-15(16)18(23)26-2/h3-10,12,20H,11H2,1-2H3,(H,19,22). The van der Waals surface area contributed by atoms with Gasteiger partial charge in [0, 0.05) is 24.4 Å². The van der Waals surface area contributed by atoms with Crippen LogP contribution in [0, 0.1) is 10.1 Å². The van der Waals surface area contributed by atoms with Crippen molar-refractivity contribution in [1.82, 2.24) is 5.32 Å². The highest BCUT2D eigenvalue weighted by Gasteiger charge is 2.20. The minimum Gasteiger partial charge on any atom is -0.465 e. The van der Waals surface area contributed by atoms with Gasteiger partial charge in [-0.05, 0) is 18.6 Å². The van der Waals surface area contributed by atoms with Gasteiger partial charge in [0.1, 0.15) is 6.04 Å². The molecule has 8 heteroatoms. The molecule has 0 aliphatic rings. The van der Waals surface area contributed by atoms with E-state index in [-0.39, 0.29) is 22.8 Å². The molecule has 2 aromatic rings. The number of benzene rings is 2. The van der Waals surface area contributed by atoms with Crippen LogP contribution in [0.3, 0.4) is 0 Å². The fourth-order valence-electron chi connectivity index (χ4n) is 2.29. The van der Waals surface area contributed by atoms with Crippen LogP contribution >= 0.6 is 0 Å². The first kappa shape index (κ1) is 18.9. The highest BCUT2D eigenvalue weighted by Crippen LogP contribution is 2.23. The molecule has 0 heterocycles. The molecule has 136 valence electrons. The second-order valence-electron chi connectivity index (χ2n) is 5.55. The van der Waals surface area contributed by atoms with Crippen LogP contribution < -0.4 is 10.6 Å².